The summed E-state index contributed by atoms with van der Waals surface area (Å²) < 4.78 is 21.3. The molecule has 0 aliphatic rings. The van der Waals surface area contributed by atoms with Crippen molar-refractivity contribution in [3.05, 3.63) is 64.1 Å². The van der Waals surface area contributed by atoms with Crippen molar-refractivity contribution in [2.45, 2.75) is 39.3 Å². The number of ether oxygens (including phenoxy) is 1. The van der Waals surface area contributed by atoms with Crippen LogP contribution >= 0.6 is 11.3 Å². The molecule has 9 heteroatoms. The van der Waals surface area contributed by atoms with E-state index >= 15 is 0 Å². The summed E-state index contributed by atoms with van der Waals surface area (Å²) in [6.45, 7) is 5.65. The molecule has 166 valence electrons. The molecule has 0 bridgehead atoms. The summed E-state index contributed by atoms with van der Waals surface area (Å²) in [5.74, 6) is 2.53. The lowest BCUT2D eigenvalue weighted by atomic mass is 10.2. The van der Waals surface area contributed by atoms with Crippen molar-refractivity contribution in [1.82, 2.24) is 25.4 Å². The molecule has 3 aromatic rings. The number of rotatable bonds is 10. The zero-order chi connectivity index (χ0) is 22.1. The Morgan fingerprint density at radius 2 is 2.13 bits per heavy atom. The molecule has 31 heavy (non-hydrogen) atoms. The summed E-state index contributed by atoms with van der Waals surface area (Å²) in [6, 6.07) is 10.4. The second kappa shape index (κ2) is 11.5. The molecule has 7 nitrogen and oxygen atoms in total. The van der Waals surface area contributed by atoms with E-state index < -0.39 is 0 Å². The molecule has 3 rings (SSSR count). The van der Waals surface area contributed by atoms with Crippen LogP contribution in [0.15, 0.2) is 46.8 Å². The standard InChI is InChI=1S/C22H29FN6OS/c1-4-18(30-19-8-5-7-17(23)13-19)14-25-22(24-11-10-20-9-6-12-31-20)26-15-21-28-27-16(2)29(21)3/h5-9,12-13,18H,4,10-11,14-15H2,1-3H3,(H2,24,25,26). The zero-order valence-electron chi connectivity index (χ0n) is 18.1. The van der Waals surface area contributed by atoms with Gasteiger partial charge in [0.15, 0.2) is 11.8 Å². The molecule has 2 N–H and O–H groups in total. The Morgan fingerprint density at radius 3 is 2.81 bits per heavy atom. The zero-order valence-corrected chi connectivity index (χ0v) is 19.0. The van der Waals surface area contributed by atoms with E-state index in [9.17, 15) is 4.39 Å². The smallest absolute Gasteiger partial charge is 0.191 e. The van der Waals surface area contributed by atoms with Gasteiger partial charge in [0.05, 0.1) is 6.54 Å². The van der Waals surface area contributed by atoms with Gasteiger partial charge in [-0.25, -0.2) is 9.38 Å². The topological polar surface area (TPSA) is 76.4 Å². The predicted molar refractivity (Wildman–Crippen MR) is 122 cm³/mol. The quantitative estimate of drug-likeness (QED) is 0.370. The Bertz CT molecular complexity index is 972. The van der Waals surface area contributed by atoms with Gasteiger partial charge in [0.1, 0.15) is 30.0 Å². The number of nitrogens with one attached hydrogen (secondary N) is 2. The molecule has 0 radical (unpaired) electrons. The van der Waals surface area contributed by atoms with Gasteiger partial charge >= 0.3 is 0 Å². The minimum absolute atomic E-state index is 0.122. The van der Waals surface area contributed by atoms with E-state index in [0.29, 0.717) is 24.8 Å². The van der Waals surface area contributed by atoms with E-state index in [1.165, 1.54) is 17.0 Å². The molecule has 1 unspecified atom stereocenters. The highest BCUT2D eigenvalue weighted by molar-refractivity contribution is 7.09. The number of aliphatic imine (C=N–C) groups is 1. The second-order valence-corrected chi connectivity index (χ2v) is 8.16. The van der Waals surface area contributed by atoms with Gasteiger partial charge in [0, 0.05) is 24.5 Å². The van der Waals surface area contributed by atoms with E-state index in [1.807, 2.05) is 25.5 Å². The molecule has 0 spiro atoms. The highest BCUT2D eigenvalue weighted by atomic mass is 32.1. The maximum atomic E-state index is 13.5. The summed E-state index contributed by atoms with van der Waals surface area (Å²) >= 11 is 1.74. The highest BCUT2D eigenvalue weighted by Gasteiger charge is 2.11. The van der Waals surface area contributed by atoms with E-state index in [1.54, 1.807) is 23.5 Å². The van der Waals surface area contributed by atoms with Crippen molar-refractivity contribution in [2.24, 2.45) is 12.0 Å². The third-order valence-corrected chi connectivity index (χ3v) is 5.79. The molecular formula is C22H29FN6OS. The van der Waals surface area contributed by atoms with E-state index in [-0.39, 0.29) is 11.9 Å². The number of benzene rings is 1. The summed E-state index contributed by atoms with van der Waals surface area (Å²) in [7, 11) is 1.93. The van der Waals surface area contributed by atoms with Crippen LogP contribution < -0.4 is 15.4 Å². The first kappa shape index (κ1) is 22.7. The number of nitrogens with zero attached hydrogens (tertiary/aromatic N) is 4. The fraction of sp³-hybridized carbons (Fsp3) is 0.409. The maximum Gasteiger partial charge on any atom is 0.191 e. The van der Waals surface area contributed by atoms with Gasteiger partial charge in [0.25, 0.3) is 0 Å². The van der Waals surface area contributed by atoms with Crippen LogP contribution in [0.2, 0.25) is 0 Å². The predicted octanol–water partition coefficient (Wildman–Crippen LogP) is 3.46. The monoisotopic (exact) mass is 444 g/mol. The van der Waals surface area contributed by atoms with Gasteiger partial charge in [-0.1, -0.05) is 19.1 Å². The summed E-state index contributed by atoms with van der Waals surface area (Å²) in [6.07, 6.45) is 1.57. The molecule has 0 fully saturated rings. The average Bonchev–Trinajstić information content (AvgIpc) is 3.39. The summed E-state index contributed by atoms with van der Waals surface area (Å²) in [5, 5.41) is 17.1. The lowest BCUT2D eigenvalue weighted by Crippen LogP contribution is -2.43. The third-order valence-electron chi connectivity index (χ3n) is 4.86. The first-order valence-corrected chi connectivity index (χ1v) is 11.2. The molecule has 2 aromatic heterocycles. The molecule has 0 aliphatic heterocycles. The van der Waals surface area contributed by atoms with Crippen LogP contribution in [0, 0.1) is 12.7 Å². The Hall–Kier alpha value is -2.94. The lowest BCUT2D eigenvalue weighted by molar-refractivity contribution is 0.198. The van der Waals surface area contributed by atoms with Crippen LogP contribution in [0.25, 0.3) is 0 Å². The van der Waals surface area contributed by atoms with E-state index in [2.05, 4.69) is 43.3 Å². The number of thiophene rings is 1. The van der Waals surface area contributed by atoms with Gasteiger partial charge in [-0.2, -0.15) is 0 Å². The van der Waals surface area contributed by atoms with Crippen LogP contribution in [0.1, 0.15) is 29.9 Å². The summed E-state index contributed by atoms with van der Waals surface area (Å²) in [5.41, 5.74) is 0. The number of aromatic nitrogens is 3. The number of aryl methyl sites for hydroxylation is 1. The molecule has 0 amide bonds. The fourth-order valence-corrected chi connectivity index (χ4v) is 3.59. The van der Waals surface area contributed by atoms with Gasteiger partial charge < -0.3 is 19.9 Å². The van der Waals surface area contributed by atoms with Gasteiger partial charge in [-0.15, -0.1) is 21.5 Å². The SMILES string of the molecule is CCC(CNC(=NCc1nnc(C)n1C)NCCc1cccs1)Oc1cccc(F)c1. The largest absolute Gasteiger partial charge is 0.489 e. The highest BCUT2D eigenvalue weighted by Crippen LogP contribution is 2.15. The molecule has 0 saturated carbocycles. The van der Waals surface area contributed by atoms with Crippen molar-refractivity contribution in [3.63, 3.8) is 0 Å². The first-order valence-electron chi connectivity index (χ1n) is 10.4. The minimum Gasteiger partial charge on any atom is -0.489 e. The maximum absolute atomic E-state index is 13.5. The van der Waals surface area contributed by atoms with E-state index in [0.717, 1.165) is 31.0 Å². The van der Waals surface area contributed by atoms with Crippen LogP contribution in [-0.4, -0.2) is 39.9 Å². The second-order valence-electron chi connectivity index (χ2n) is 7.13. The molecule has 2 heterocycles. The number of guanidine groups is 1. The first-order chi connectivity index (χ1) is 15.0. The molecule has 1 atom stereocenters. The van der Waals surface area contributed by atoms with Crippen molar-refractivity contribution in [3.8, 4) is 5.75 Å². The van der Waals surface area contributed by atoms with Crippen LogP contribution in [0.5, 0.6) is 5.75 Å². The van der Waals surface area contributed by atoms with Crippen molar-refractivity contribution in [2.75, 3.05) is 13.1 Å². The van der Waals surface area contributed by atoms with Crippen molar-refractivity contribution >= 4 is 17.3 Å². The third kappa shape index (κ3) is 7.06. The van der Waals surface area contributed by atoms with Gasteiger partial charge in [-0.3, -0.25) is 0 Å². The van der Waals surface area contributed by atoms with Crippen LogP contribution in [0.4, 0.5) is 4.39 Å². The number of hydrogen-bond donors (Lipinski definition) is 2. The van der Waals surface area contributed by atoms with Crippen LogP contribution in [-0.2, 0) is 20.0 Å². The van der Waals surface area contributed by atoms with Crippen LogP contribution in [0.3, 0.4) is 0 Å². The van der Waals surface area contributed by atoms with E-state index in [4.69, 9.17) is 4.74 Å². The normalized spacial score (nSPS) is 12.6. The van der Waals surface area contributed by atoms with Gasteiger partial charge in [-0.05, 0) is 43.3 Å². The number of hydrogen-bond acceptors (Lipinski definition) is 5. The average molecular weight is 445 g/mol. The molecular weight excluding hydrogens is 415 g/mol. The van der Waals surface area contributed by atoms with Crippen molar-refractivity contribution < 1.29 is 9.13 Å². The Morgan fingerprint density at radius 1 is 1.26 bits per heavy atom. The fourth-order valence-electron chi connectivity index (χ4n) is 2.88. The molecule has 0 aliphatic carbocycles. The molecule has 1 aromatic carbocycles. The Labute approximate surface area is 186 Å². The Kier molecular flexibility index (Phi) is 8.40. The lowest BCUT2D eigenvalue weighted by Gasteiger charge is -2.20. The van der Waals surface area contributed by atoms with Crippen molar-refractivity contribution in [1.29, 1.82) is 0 Å². The number of halogens is 1. The summed E-state index contributed by atoms with van der Waals surface area (Å²) in [4.78, 5) is 5.99. The Balaban J connectivity index is 1.60. The molecule has 0 saturated heterocycles. The minimum atomic E-state index is -0.309. The van der Waals surface area contributed by atoms with Gasteiger partial charge in [0.2, 0.25) is 0 Å².